The van der Waals surface area contributed by atoms with Crippen molar-refractivity contribution in [2.75, 3.05) is 5.73 Å². The minimum absolute atomic E-state index is 0.221. The Balaban J connectivity index is 2.63. The van der Waals surface area contributed by atoms with Gasteiger partial charge in [0, 0.05) is 17.3 Å². The molecule has 2 aromatic heterocycles. The van der Waals surface area contributed by atoms with Crippen molar-refractivity contribution in [2.24, 2.45) is 0 Å². The number of thiazole rings is 1. The Kier molecular flexibility index (Phi) is 2.09. The third kappa shape index (κ3) is 1.42. The van der Waals surface area contributed by atoms with Gasteiger partial charge in [0.2, 0.25) is 0 Å². The predicted molar refractivity (Wildman–Crippen MR) is 56.9 cm³/mol. The average Bonchev–Trinajstić information content (AvgIpc) is 2.57. The Bertz CT molecular complexity index is 515. The molecular formula is C9H9N3OS. The van der Waals surface area contributed by atoms with Gasteiger partial charge in [-0.05, 0) is 19.1 Å². The minimum atomic E-state index is -0.221. The van der Waals surface area contributed by atoms with Crippen LogP contribution in [-0.2, 0) is 0 Å². The van der Waals surface area contributed by atoms with Crippen LogP contribution in [0.5, 0.6) is 0 Å². The number of hydrogen-bond donors (Lipinski definition) is 1. The molecule has 5 heteroatoms. The third-order valence-electron chi connectivity index (χ3n) is 1.79. The van der Waals surface area contributed by atoms with E-state index in [1.54, 1.807) is 24.5 Å². The molecule has 14 heavy (non-hydrogen) atoms. The van der Waals surface area contributed by atoms with E-state index in [0.717, 1.165) is 4.88 Å². The maximum Gasteiger partial charge on any atom is 0.280 e. The van der Waals surface area contributed by atoms with E-state index in [4.69, 9.17) is 5.73 Å². The largest absolute Gasteiger partial charge is 0.394 e. The van der Waals surface area contributed by atoms with Gasteiger partial charge in [0.05, 0.1) is 5.69 Å². The van der Waals surface area contributed by atoms with Crippen molar-refractivity contribution in [3.63, 3.8) is 0 Å². The van der Waals surface area contributed by atoms with E-state index in [0.29, 0.717) is 5.13 Å². The van der Waals surface area contributed by atoms with Crippen molar-refractivity contribution in [3.05, 3.63) is 39.8 Å². The summed E-state index contributed by atoms with van der Waals surface area (Å²) in [6.07, 6.45) is 3.40. The number of aryl methyl sites for hydroxylation is 1. The van der Waals surface area contributed by atoms with Crippen LogP contribution >= 0.6 is 11.3 Å². The first-order valence-corrected chi connectivity index (χ1v) is 4.90. The summed E-state index contributed by atoms with van der Waals surface area (Å²) in [5, 5.41) is 0.653. The van der Waals surface area contributed by atoms with E-state index < -0.39 is 0 Å². The molecule has 2 aromatic rings. The Morgan fingerprint density at radius 2 is 2.36 bits per heavy atom. The van der Waals surface area contributed by atoms with Gasteiger partial charge in [-0.1, -0.05) is 0 Å². The Morgan fingerprint density at radius 1 is 1.57 bits per heavy atom. The Labute approximate surface area is 84.6 Å². The molecule has 0 saturated heterocycles. The van der Waals surface area contributed by atoms with Crippen LogP contribution in [0.1, 0.15) is 4.88 Å². The number of hydrogen-bond acceptors (Lipinski definition) is 4. The van der Waals surface area contributed by atoms with Crippen molar-refractivity contribution in [1.82, 2.24) is 9.55 Å². The molecule has 0 bridgehead atoms. The average molecular weight is 207 g/mol. The fourth-order valence-electron chi connectivity index (χ4n) is 1.12. The summed E-state index contributed by atoms with van der Waals surface area (Å²) in [6, 6.07) is 3.31. The Morgan fingerprint density at radius 3 is 3.00 bits per heavy atom. The monoisotopic (exact) mass is 207 g/mol. The van der Waals surface area contributed by atoms with Crippen LogP contribution in [0.3, 0.4) is 0 Å². The molecule has 2 rings (SSSR count). The molecule has 4 nitrogen and oxygen atoms in total. The fraction of sp³-hybridized carbons (Fsp3) is 0.111. The summed E-state index contributed by atoms with van der Waals surface area (Å²) in [5.41, 5.74) is 5.52. The van der Waals surface area contributed by atoms with Gasteiger partial charge in [-0.2, -0.15) is 0 Å². The molecular weight excluding hydrogens is 198 g/mol. The van der Waals surface area contributed by atoms with Gasteiger partial charge < -0.3 is 5.73 Å². The molecule has 0 unspecified atom stereocenters. The minimum Gasteiger partial charge on any atom is -0.394 e. The van der Waals surface area contributed by atoms with E-state index >= 15 is 0 Å². The van der Waals surface area contributed by atoms with Crippen molar-refractivity contribution >= 4 is 17.0 Å². The van der Waals surface area contributed by atoms with E-state index in [-0.39, 0.29) is 11.2 Å². The lowest BCUT2D eigenvalue weighted by molar-refractivity contribution is 0.976. The number of anilines is 1. The molecule has 0 aliphatic rings. The molecule has 2 heterocycles. The standard InChI is InChI=1S/C9H9N3OS/c1-6-5-11-9(14-6)12-4-2-3-7(10)8(12)13/h2-5H,10H2,1H3. The van der Waals surface area contributed by atoms with Crippen LogP contribution in [0.15, 0.2) is 29.3 Å². The molecule has 0 saturated carbocycles. The van der Waals surface area contributed by atoms with Gasteiger partial charge in [0.15, 0.2) is 5.13 Å². The zero-order valence-electron chi connectivity index (χ0n) is 7.60. The van der Waals surface area contributed by atoms with E-state index in [2.05, 4.69) is 4.98 Å². The van der Waals surface area contributed by atoms with Gasteiger partial charge in [0.1, 0.15) is 0 Å². The first-order valence-electron chi connectivity index (χ1n) is 4.08. The molecule has 0 aromatic carbocycles. The smallest absolute Gasteiger partial charge is 0.280 e. The maximum absolute atomic E-state index is 11.6. The second-order valence-electron chi connectivity index (χ2n) is 2.89. The van der Waals surface area contributed by atoms with Crippen molar-refractivity contribution in [2.45, 2.75) is 6.92 Å². The first-order chi connectivity index (χ1) is 6.68. The lowest BCUT2D eigenvalue weighted by atomic mass is 10.4. The number of rotatable bonds is 1. The lowest BCUT2D eigenvalue weighted by Crippen LogP contribution is -2.20. The van der Waals surface area contributed by atoms with Gasteiger partial charge in [-0.25, -0.2) is 4.98 Å². The summed E-state index contributed by atoms with van der Waals surface area (Å²) in [6.45, 7) is 1.94. The number of nitrogens with zero attached hydrogens (tertiary/aromatic N) is 2. The molecule has 2 N–H and O–H groups in total. The Hall–Kier alpha value is -1.62. The molecule has 0 spiro atoms. The fourth-order valence-corrected chi connectivity index (χ4v) is 1.86. The zero-order chi connectivity index (χ0) is 10.1. The topological polar surface area (TPSA) is 60.9 Å². The third-order valence-corrected chi connectivity index (χ3v) is 2.70. The van der Waals surface area contributed by atoms with Crippen LogP contribution < -0.4 is 11.3 Å². The van der Waals surface area contributed by atoms with Gasteiger partial charge >= 0.3 is 0 Å². The van der Waals surface area contributed by atoms with E-state index in [9.17, 15) is 4.79 Å². The van der Waals surface area contributed by atoms with Crippen LogP contribution in [0.2, 0.25) is 0 Å². The van der Waals surface area contributed by atoms with Crippen LogP contribution in [0.4, 0.5) is 5.69 Å². The second-order valence-corrected chi connectivity index (χ2v) is 4.11. The van der Waals surface area contributed by atoms with E-state index in [1.807, 2.05) is 6.92 Å². The van der Waals surface area contributed by atoms with Crippen molar-refractivity contribution in [1.29, 1.82) is 0 Å². The molecule has 0 radical (unpaired) electrons. The molecule has 72 valence electrons. The van der Waals surface area contributed by atoms with Crippen molar-refractivity contribution < 1.29 is 0 Å². The number of pyridine rings is 1. The summed E-state index contributed by atoms with van der Waals surface area (Å²) in [4.78, 5) is 16.8. The van der Waals surface area contributed by atoms with Crippen LogP contribution in [-0.4, -0.2) is 9.55 Å². The zero-order valence-corrected chi connectivity index (χ0v) is 8.41. The SMILES string of the molecule is Cc1cnc(-n2cccc(N)c2=O)s1. The van der Waals surface area contributed by atoms with E-state index in [1.165, 1.54) is 15.9 Å². The van der Waals surface area contributed by atoms with Crippen LogP contribution in [0, 0.1) is 6.92 Å². The van der Waals surface area contributed by atoms with Crippen molar-refractivity contribution in [3.8, 4) is 5.13 Å². The first kappa shape index (κ1) is 8.96. The maximum atomic E-state index is 11.6. The highest BCUT2D eigenvalue weighted by Gasteiger charge is 2.04. The molecule has 0 aliphatic heterocycles. The predicted octanol–water partition coefficient (Wildman–Crippen LogP) is 1.18. The summed E-state index contributed by atoms with van der Waals surface area (Å²) >= 11 is 1.46. The number of nitrogens with two attached hydrogens (primary N) is 1. The number of nitrogen functional groups attached to an aromatic ring is 1. The lowest BCUT2D eigenvalue weighted by Gasteiger charge is -2.00. The van der Waals surface area contributed by atoms with Gasteiger partial charge in [-0.3, -0.25) is 9.36 Å². The van der Waals surface area contributed by atoms with Crippen LogP contribution in [0.25, 0.3) is 5.13 Å². The molecule has 0 amide bonds. The highest BCUT2D eigenvalue weighted by Crippen LogP contribution is 2.14. The number of aromatic nitrogens is 2. The highest BCUT2D eigenvalue weighted by molar-refractivity contribution is 7.13. The summed E-state index contributed by atoms with van der Waals surface area (Å²) in [5.74, 6) is 0. The van der Waals surface area contributed by atoms with Gasteiger partial charge in [0.25, 0.3) is 5.56 Å². The molecule has 0 fully saturated rings. The van der Waals surface area contributed by atoms with Gasteiger partial charge in [-0.15, -0.1) is 11.3 Å². The quantitative estimate of drug-likeness (QED) is 0.764. The highest BCUT2D eigenvalue weighted by atomic mass is 32.1. The summed E-state index contributed by atoms with van der Waals surface area (Å²) < 4.78 is 1.45. The molecule has 0 atom stereocenters. The summed E-state index contributed by atoms with van der Waals surface area (Å²) in [7, 11) is 0. The molecule has 0 aliphatic carbocycles. The second kappa shape index (κ2) is 3.26. The normalized spacial score (nSPS) is 10.4.